The van der Waals surface area contributed by atoms with Crippen LogP contribution in [0.4, 0.5) is 0 Å². The standard InChI is InChI=1S/C10H10Br2/c1-8-3-4-10(12)6(5-7(8)11)9(8,10)2/h3-6H,1-2H3. The first kappa shape index (κ1) is 7.81. The Labute approximate surface area is 89.4 Å². The Morgan fingerprint density at radius 3 is 2.50 bits per heavy atom. The molecule has 0 N–H and O–H groups in total. The minimum Gasteiger partial charge on any atom is -0.0794 e. The summed E-state index contributed by atoms with van der Waals surface area (Å²) in [7, 11) is 0. The number of hydrogen-bond acceptors (Lipinski definition) is 0. The fourth-order valence-electron chi connectivity index (χ4n) is 3.03. The first-order valence-electron chi connectivity index (χ1n) is 4.24. The topological polar surface area (TPSA) is 0 Å². The van der Waals surface area contributed by atoms with Gasteiger partial charge in [0.25, 0.3) is 0 Å². The Bertz CT molecular complexity index is 344. The second kappa shape index (κ2) is 1.66. The fourth-order valence-corrected chi connectivity index (χ4v) is 5.11. The smallest absolute Gasteiger partial charge is 0.0577 e. The summed E-state index contributed by atoms with van der Waals surface area (Å²) in [6, 6.07) is 0. The molecule has 0 amide bonds. The number of rotatable bonds is 0. The third-order valence-corrected chi connectivity index (χ3v) is 7.00. The van der Waals surface area contributed by atoms with Crippen molar-refractivity contribution in [3.8, 4) is 0 Å². The van der Waals surface area contributed by atoms with Crippen molar-refractivity contribution in [1.82, 2.24) is 0 Å². The molecule has 0 bridgehead atoms. The third-order valence-electron chi connectivity index (χ3n) is 4.33. The van der Waals surface area contributed by atoms with Gasteiger partial charge in [-0.05, 0) is 0 Å². The zero-order valence-electron chi connectivity index (χ0n) is 7.07. The number of fused-ring (bicyclic) bond motifs is 1. The van der Waals surface area contributed by atoms with E-state index in [1.54, 1.807) is 0 Å². The van der Waals surface area contributed by atoms with Gasteiger partial charge in [-0.25, -0.2) is 0 Å². The van der Waals surface area contributed by atoms with E-state index in [4.69, 9.17) is 0 Å². The molecule has 0 spiro atoms. The SMILES string of the molecule is CC12C=CC3(Br)C(C=C1Br)C23C. The molecular weight excluding hydrogens is 280 g/mol. The lowest BCUT2D eigenvalue weighted by Crippen LogP contribution is -2.23. The maximum absolute atomic E-state index is 3.84. The summed E-state index contributed by atoms with van der Waals surface area (Å²) < 4.78 is 1.65. The number of hydrogen-bond donors (Lipinski definition) is 0. The van der Waals surface area contributed by atoms with Gasteiger partial charge in [-0.15, -0.1) is 0 Å². The Kier molecular flexibility index (Phi) is 1.08. The van der Waals surface area contributed by atoms with Crippen LogP contribution in [0, 0.1) is 16.7 Å². The highest BCUT2D eigenvalue weighted by atomic mass is 79.9. The molecule has 0 saturated heterocycles. The predicted molar refractivity (Wildman–Crippen MR) is 57.5 cm³/mol. The molecule has 1 fully saturated rings. The van der Waals surface area contributed by atoms with E-state index >= 15 is 0 Å². The average Bonchev–Trinajstić information content (AvgIpc) is 2.32. The highest BCUT2D eigenvalue weighted by Gasteiger charge is 2.82. The van der Waals surface area contributed by atoms with E-state index in [0.717, 1.165) is 0 Å². The average molecular weight is 290 g/mol. The summed E-state index contributed by atoms with van der Waals surface area (Å²) in [6.45, 7) is 4.69. The van der Waals surface area contributed by atoms with E-state index in [1.165, 1.54) is 4.48 Å². The highest BCUT2D eigenvalue weighted by molar-refractivity contribution is 9.11. The van der Waals surface area contributed by atoms with Gasteiger partial charge in [0.1, 0.15) is 0 Å². The molecule has 2 heteroatoms. The van der Waals surface area contributed by atoms with E-state index in [9.17, 15) is 0 Å². The summed E-state index contributed by atoms with van der Waals surface area (Å²) in [5.41, 5.74) is 0.653. The van der Waals surface area contributed by atoms with Crippen LogP contribution in [0.15, 0.2) is 22.7 Å². The predicted octanol–water partition coefficient (Wildman–Crippen LogP) is 3.62. The Morgan fingerprint density at radius 2 is 2.00 bits per heavy atom. The van der Waals surface area contributed by atoms with Gasteiger partial charge in [0.05, 0.1) is 4.32 Å². The van der Waals surface area contributed by atoms with Crippen LogP contribution in [0.25, 0.3) is 0 Å². The maximum atomic E-state index is 3.84. The van der Waals surface area contributed by atoms with Gasteiger partial charge in [0.15, 0.2) is 0 Å². The van der Waals surface area contributed by atoms with Crippen LogP contribution in [0.2, 0.25) is 0 Å². The van der Waals surface area contributed by atoms with Crippen LogP contribution in [0.1, 0.15) is 13.8 Å². The summed E-state index contributed by atoms with van der Waals surface area (Å²) in [6.07, 6.45) is 7.04. The van der Waals surface area contributed by atoms with Crippen LogP contribution >= 0.6 is 31.9 Å². The number of halogens is 2. The minimum atomic E-state index is 0.251. The molecule has 3 aliphatic carbocycles. The molecule has 0 aliphatic heterocycles. The lowest BCUT2D eigenvalue weighted by molar-refractivity contribution is 0.335. The van der Waals surface area contributed by atoms with Gasteiger partial charge in [-0.3, -0.25) is 0 Å². The van der Waals surface area contributed by atoms with Crippen molar-refractivity contribution in [2.24, 2.45) is 16.7 Å². The second-order valence-corrected chi connectivity index (χ2v) is 6.66. The zero-order valence-corrected chi connectivity index (χ0v) is 10.2. The van der Waals surface area contributed by atoms with Crippen molar-refractivity contribution in [1.29, 1.82) is 0 Å². The van der Waals surface area contributed by atoms with E-state index in [-0.39, 0.29) is 9.74 Å². The van der Waals surface area contributed by atoms with Crippen molar-refractivity contribution >= 4 is 31.9 Å². The molecule has 0 aromatic heterocycles. The normalized spacial score (nSPS) is 65.0. The van der Waals surface area contributed by atoms with Gasteiger partial charge < -0.3 is 0 Å². The molecule has 0 radical (unpaired) electrons. The van der Waals surface area contributed by atoms with Crippen LogP contribution < -0.4 is 0 Å². The van der Waals surface area contributed by atoms with E-state index in [2.05, 4.69) is 63.9 Å². The molecule has 0 aromatic rings. The molecular formula is C10H10Br2. The summed E-state index contributed by atoms with van der Waals surface area (Å²) in [5.74, 6) is 0.703. The van der Waals surface area contributed by atoms with E-state index < -0.39 is 0 Å². The van der Waals surface area contributed by atoms with Gasteiger partial charge in [0, 0.05) is 21.2 Å². The monoisotopic (exact) mass is 288 g/mol. The summed E-state index contributed by atoms with van der Waals surface area (Å²) in [5, 5.41) is 0. The van der Waals surface area contributed by atoms with Crippen LogP contribution in [0.5, 0.6) is 0 Å². The van der Waals surface area contributed by atoms with Crippen LogP contribution in [-0.4, -0.2) is 4.32 Å². The molecule has 1 saturated carbocycles. The van der Waals surface area contributed by atoms with Crippen molar-refractivity contribution in [2.75, 3.05) is 0 Å². The van der Waals surface area contributed by atoms with Crippen molar-refractivity contribution < 1.29 is 0 Å². The Hall–Kier alpha value is 0.440. The van der Waals surface area contributed by atoms with Crippen LogP contribution in [-0.2, 0) is 0 Å². The second-order valence-electron chi connectivity index (χ2n) is 4.50. The molecule has 64 valence electrons. The van der Waals surface area contributed by atoms with Gasteiger partial charge >= 0.3 is 0 Å². The Balaban J connectivity index is 2.28. The lowest BCUT2D eigenvalue weighted by Gasteiger charge is -2.28. The number of alkyl halides is 1. The molecule has 0 aromatic carbocycles. The summed E-state index contributed by atoms with van der Waals surface area (Å²) in [4.78, 5) is 0. The Morgan fingerprint density at radius 1 is 1.33 bits per heavy atom. The highest BCUT2D eigenvalue weighted by Crippen LogP contribution is 2.85. The number of allylic oxidation sites excluding steroid dienone is 4. The van der Waals surface area contributed by atoms with Gasteiger partial charge in [-0.1, -0.05) is 63.9 Å². The minimum absolute atomic E-state index is 0.251. The lowest BCUT2D eigenvalue weighted by atomic mass is 9.79. The van der Waals surface area contributed by atoms with Gasteiger partial charge in [0.2, 0.25) is 0 Å². The molecule has 0 heterocycles. The van der Waals surface area contributed by atoms with Gasteiger partial charge in [-0.2, -0.15) is 0 Å². The first-order chi connectivity index (χ1) is 5.47. The molecule has 3 rings (SSSR count). The first-order valence-corrected chi connectivity index (χ1v) is 5.82. The van der Waals surface area contributed by atoms with E-state index in [1.807, 2.05) is 0 Å². The van der Waals surface area contributed by atoms with E-state index in [0.29, 0.717) is 11.3 Å². The van der Waals surface area contributed by atoms with Crippen molar-refractivity contribution in [3.63, 3.8) is 0 Å². The molecule has 3 aliphatic rings. The molecule has 4 atom stereocenters. The maximum Gasteiger partial charge on any atom is 0.0577 e. The van der Waals surface area contributed by atoms with Crippen LogP contribution in [0.3, 0.4) is 0 Å². The molecule has 12 heavy (non-hydrogen) atoms. The largest absolute Gasteiger partial charge is 0.0794 e. The summed E-state index contributed by atoms with van der Waals surface area (Å²) >= 11 is 7.51. The van der Waals surface area contributed by atoms with Crippen molar-refractivity contribution in [3.05, 3.63) is 22.7 Å². The molecule has 4 unspecified atom stereocenters. The third kappa shape index (κ3) is 0.451. The fraction of sp³-hybridized carbons (Fsp3) is 0.600. The zero-order chi connectivity index (χ0) is 8.78. The molecule has 0 nitrogen and oxygen atoms in total. The quantitative estimate of drug-likeness (QED) is 0.472. The van der Waals surface area contributed by atoms with Crippen molar-refractivity contribution in [2.45, 2.75) is 18.2 Å².